The van der Waals surface area contributed by atoms with Crippen molar-refractivity contribution in [3.05, 3.63) is 45.5 Å². The largest absolute Gasteiger partial charge is 0.423 e. The predicted molar refractivity (Wildman–Crippen MR) is 86.0 cm³/mol. The molecule has 0 amide bonds. The second-order valence-electron chi connectivity index (χ2n) is 4.57. The van der Waals surface area contributed by atoms with Gasteiger partial charge in [-0.2, -0.15) is 0 Å². The van der Waals surface area contributed by atoms with Gasteiger partial charge in [0.1, 0.15) is 0 Å². The number of hydrogen-bond donors (Lipinski definition) is 0. The Morgan fingerprint density at radius 2 is 2.05 bits per heavy atom. The third-order valence-electron chi connectivity index (χ3n) is 3.13. The lowest BCUT2D eigenvalue weighted by Crippen LogP contribution is -2.37. The van der Waals surface area contributed by atoms with Crippen molar-refractivity contribution in [2.45, 2.75) is 23.0 Å². The highest BCUT2D eigenvalue weighted by atomic mass is 35.5. The molecule has 1 aliphatic heterocycles. The smallest absolute Gasteiger partial charge is 0.362 e. The molecule has 0 fully saturated rings. The Bertz CT molecular complexity index is 597. The molecule has 0 spiro atoms. The summed E-state index contributed by atoms with van der Waals surface area (Å²) in [5, 5.41) is 14.2. The molecule has 1 aromatic rings. The Morgan fingerprint density at radius 1 is 1.41 bits per heavy atom. The molecule has 0 saturated heterocycles. The van der Waals surface area contributed by atoms with Crippen LogP contribution in [-0.4, -0.2) is 31.7 Å². The Hall–Kier alpha value is -0.950. The van der Waals surface area contributed by atoms with E-state index in [2.05, 4.69) is 11.2 Å². The van der Waals surface area contributed by atoms with Crippen LogP contribution in [0.2, 0.25) is 0 Å². The molecule has 1 aliphatic rings. The first kappa shape index (κ1) is 17.4. The summed E-state index contributed by atoms with van der Waals surface area (Å²) in [5.41, 5.74) is 0.684. The molecule has 2 rings (SSSR count). The highest BCUT2D eigenvalue weighted by molar-refractivity contribution is 6.64. The molecule has 22 heavy (non-hydrogen) atoms. The molecule has 0 radical (unpaired) electrons. The van der Waals surface area contributed by atoms with Crippen molar-refractivity contribution in [1.82, 2.24) is 4.90 Å². The number of oxime groups is 1. The van der Waals surface area contributed by atoms with E-state index in [-0.39, 0.29) is 5.29 Å². The summed E-state index contributed by atoms with van der Waals surface area (Å²) in [6.07, 6.45) is 0.802. The first-order chi connectivity index (χ1) is 10.3. The summed E-state index contributed by atoms with van der Waals surface area (Å²) in [4.78, 5) is 16.2. The fourth-order valence-electron chi connectivity index (χ4n) is 1.95. The summed E-state index contributed by atoms with van der Waals surface area (Å²) < 4.78 is -2.52. The molecular formula is C12H11Cl4N3O3. The Balaban J connectivity index is 2.01. The third kappa shape index (κ3) is 3.87. The van der Waals surface area contributed by atoms with Gasteiger partial charge in [-0.3, -0.25) is 10.1 Å². The monoisotopic (exact) mass is 385 g/mol. The quantitative estimate of drug-likeness (QED) is 0.198. The fourth-order valence-corrected chi connectivity index (χ4v) is 2.33. The van der Waals surface area contributed by atoms with E-state index >= 15 is 0 Å². The topological polar surface area (TPSA) is 68.0 Å². The van der Waals surface area contributed by atoms with E-state index < -0.39 is 14.9 Å². The molecule has 10 heteroatoms. The van der Waals surface area contributed by atoms with Gasteiger partial charge in [0.25, 0.3) is 0 Å². The van der Waals surface area contributed by atoms with Gasteiger partial charge < -0.3 is 9.74 Å². The minimum Gasteiger partial charge on any atom is -0.362 e. The molecule has 0 aliphatic carbocycles. The normalized spacial score (nSPS) is 16.9. The Kier molecular flexibility index (Phi) is 5.60. The van der Waals surface area contributed by atoms with Gasteiger partial charge in [0.05, 0.1) is 4.92 Å². The zero-order valence-electron chi connectivity index (χ0n) is 11.1. The van der Waals surface area contributed by atoms with Gasteiger partial charge in [0, 0.05) is 13.1 Å². The first-order valence-electron chi connectivity index (χ1n) is 6.19. The van der Waals surface area contributed by atoms with E-state index in [0.717, 1.165) is 12.0 Å². The zero-order chi connectivity index (χ0) is 16.3. The molecule has 1 aromatic carbocycles. The van der Waals surface area contributed by atoms with E-state index in [9.17, 15) is 10.1 Å². The third-order valence-corrected chi connectivity index (χ3v) is 4.73. The number of hydrogen-bond acceptors (Lipinski definition) is 4. The van der Waals surface area contributed by atoms with Crippen molar-refractivity contribution < 1.29 is 9.76 Å². The van der Waals surface area contributed by atoms with Crippen LogP contribution in [0.1, 0.15) is 11.1 Å². The summed E-state index contributed by atoms with van der Waals surface area (Å²) in [5.74, 6) is 0. The average molecular weight is 387 g/mol. The van der Waals surface area contributed by atoms with E-state index in [1.807, 2.05) is 18.2 Å². The van der Waals surface area contributed by atoms with Gasteiger partial charge >= 0.3 is 10.0 Å². The fraction of sp³-hybridized carbons (Fsp3) is 0.417. The van der Waals surface area contributed by atoms with Crippen LogP contribution < -0.4 is 0 Å². The van der Waals surface area contributed by atoms with Crippen LogP contribution >= 0.6 is 46.4 Å². The van der Waals surface area contributed by atoms with Crippen LogP contribution in [0.5, 0.6) is 0 Å². The maximum atomic E-state index is 10.6. The number of rotatable bonds is 4. The van der Waals surface area contributed by atoms with Crippen LogP contribution in [0.4, 0.5) is 0 Å². The minimum absolute atomic E-state index is 0.0210. The maximum Gasteiger partial charge on any atom is 0.423 e. The standard InChI is InChI=1S/C12H11Cl4N3O3/c13-10(12(15,16)19(20)21)22-17-11(14)18-6-5-8-3-1-2-4-9(8)7-18/h1-4,10H,5-7H2/b17-11+. The lowest BCUT2D eigenvalue weighted by Gasteiger charge is -2.28. The van der Waals surface area contributed by atoms with E-state index in [1.54, 1.807) is 4.90 Å². The minimum atomic E-state index is -2.52. The molecule has 1 unspecified atom stereocenters. The number of nitro groups is 1. The lowest BCUT2D eigenvalue weighted by molar-refractivity contribution is -0.523. The van der Waals surface area contributed by atoms with E-state index in [1.165, 1.54) is 5.56 Å². The first-order valence-corrected chi connectivity index (χ1v) is 7.77. The second kappa shape index (κ2) is 7.08. The number of fused-ring (bicyclic) bond motifs is 1. The van der Waals surface area contributed by atoms with E-state index in [4.69, 9.17) is 51.2 Å². The number of nitrogens with zero attached hydrogens (tertiary/aromatic N) is 3. The molecule has 1 heterocycles. The Morgan fingerprint density at radius 3 is 2.68 bits per heavy atom. The summed E-state index contributed by atoms with van der Waals surface area (Å²) in [7, 11) is 0. The second-order valence-corrected chi connectivity index (χ2v) is 6.65. The van der Waals surface area contributed by atoms with Crippen molar-refractivity contribution in [3.63, 3.8) is 0 Å². The number of amidine groups is 1. The number of alkyl halides is 3. The van der Waals surface area contributed by atoms with Gasteiger partial charge in [0.2, 0.25) is 5.29 Å². The zero-order valence-corrected chi connectivity index (χ0v) is 14.1. The molecule has 0 saturated carbocycles. The van der Waals surface area contributed by atoms with Crippen molar-refractivity contribution in [2.75, 3.05) is 6.54 Å². The van der Waals surface area contributed by atoms with Crippen molar-refractivity contribution >= 4 is 51.7 Å². The molecule has 0 N–H and O–H groups in total. The maximum absolute atomic E-state index is 10.6. The van der Waals surface area contributed by atoms with Gasteiger partial charge in [-0.25, -0.2) is 0 Å². The molecular weight excluding hydrogens is 376 g/mol. The molecule has 0 bridgehead atoms. The van der Waals surface area contributed by atoms with Gasteiger partial charge in [0.15, 0.2) is 0 Å². The van der Waals surface area contributed by atoms with Crippen molar-refractivity contribution in [3.8, 4) is 0 Å². The number of halogens is 4. The molecule has 120 valence electrons. The Labute approximate surface area is 146 Å². The highest BCUT2D eigenvalue weighted by Crippen LogP contribution is 2.31. The predicted octanol–water partition coefficient (Wildman–Crippen LogP) is 3.54. The van der Waals surface area contributed by atoms with Crippen molar-refractivity contribution in [2.24, 2.45) is 5.16 Å². The van der Waals surface area contributed by atoms with Gasteiger partial charge in [-0.1, -0.05) is 41.0 Å². The molecule has 1 atom stereocenters. The van der Waals surface area contributed by atoms with E-state index in [0.29, 0.717) is 13.1 Å². The lowest BCUT2D eigenvalue weighted by atomic mass is 10.0. The van der Waals surface area contributed by atoms with Crippen LogP contribution in [0.25, 0.3) is 0 Å². The van der Waals surface area contributed by atoms with Crippen LogP contribution in [0.3, 0.4) is 0 Å². The summed E-state index contributed by atoms with van der Waals surface area (Å²) in [6.45, 7) is 1.19. The van der Waals surface area contributed by atoms with Crippen molar-refractivity contribution in [1.29, 1.82) is 0 Å². The highest BCUT2D eigenvalue weighted by Gasteiger charge is 2.49. The van der Waals surface area contributed by atoms with Gasteiger partial charge in [-0.05, 0) is 52.4 Å². The molecule has 0 aromatic heterocycles. The van der Waals surface area contributed by atoms with Crippen LogP contribution in [0, 0.1) is 10.1 Å². The summed E-state index contributed by atoms with van der Waals surface area (Å²) >= 11 is 22.5. The molecule has 6 nitrogen and oxygen atoms in total. The number of benzene rings is 1. The SMILES string of the molecule is O=[N+]([O-])C(Cl)(Cl)C(Cl)O/N=C(\Cl)N1CCc2ccccc2C1. The average Bonchev–Trinajstić information content (AvgIpc) is 2.51. The van der Waals surface area contributed by atoms with Crippen LogP contribution in [0.15, 0.2) is 29.4 Å². The van der Waals surface area contributed by atoms with Crippen LogP contribution in [-0.2, 0) is 17.8 Å². The summed E-state index contributed by atoms with van der Waals surface area (Å²) in [6, 6.07) is 7.95. The van der Waals surface area contributed by atoms with Gasteiger partial charge in [-0.15, -0.1) is 0 Å².